The van der Waals surface area contributed by atoms with Gasteiger partial charge >= 0.3 is 5.69 Å². The maximum Gasteiger partial charge on any atom is 0.348 e. The Balaban J connectivity index is 0.000000202. The fraction of sp³-hybridized carbons (Fsp3) is 0.500. The van der Waals surface area contributed by atoms with Crippen LogP contribution in [0.4, 0.5) is 18.2 Å². The Hall–Kier alpha value is -3.90. The van der Waals surface area contributed by atoms with Crippen molar-refractivity contribution < 1.29 is 22.7 Å². The largest absolute Gasteiger partial charge is 0.474 e. The van der Waals surface area contributed by atoms with Crippen LogP contribution in [0.3, 0.4) is 0 Å². The number of carbonyl (C=O) groups is 1. The highest BCUT2D eigenvalue weighted by molar-refractivity contribution is 7.23. The molecule has 4 aromatic rings. The molecule has 7 fully saturated rings. The number of hydrogen-bond donors (Lipinski definition) is 3. The molecule has 15 heteroatoms. The van der Waals surface area contributed by atoms with Gasteiger partial charge in [-0.05, 0) is 68.7 Å². The van der Waals surface area contributed by atoms with Gasteiger partial charge in [0.05, 0.1) is 26.2 Å². The third-order valence-corrected chi connectivity index (χ3v) is 12.4. The molecular formula is C36H37ClF3N7O3S. The molecule has 51 heavy (non-hydrogen) atoms. The van der Waals surface area contributed by atoms with E-state index in [9.17, 15) is 23.6 Å². The molecule has 11 rings (SSSR count). The van der Waals surface area contributed by atoms with Crippen molar-refractivity contribution in [3.05, 3.63) is 50.9 Å². The van der Waals surface area contributed by atoms with Crippen molar-refractivity contribution in [3.8, 4) is 23.1 Å². The molecule has 2 bridgehead atoms. The predicted octanol–water partition coefficient (Wildman–Crippen LogP) is 5.89. The van der Waals surface area contributed by atoms with Gasteiger partial charge in [0.25, 0.3) is 0 Å². The van der Waals surface area contributed by atoms with Crippen molar-refractivity contribution in [2.75, 3.05) is 25.4 Å². The van der Waals surface area contributed by atoms with Crippen molar-refractivity contribution in [1.82, 2.24) is 25.1 Å². The molecule has 0 radical (unpaired) electrons. The summed E-state index contributed by atoms with van der Waals surface area (Å²) in [4.78, 5) is 33.9. The minimum absolute atomic E-state index is 0.0209. The van der Waals surface area contributed by atoms with E-state index in [2.05, 4.69) is 20.2 Å². The summed E-state index contributed by atoms with van der Waals surface area (Å²) in [6, 6.07) is 7.56. The summed E-state index contributed by atoms with van der Waals surface area (Å²) in [6.07, 6.45) is 8.39. The minimum atomic E-state index is -0.873. The maximum atomic E-state index is 16.0. The van der Waals surface area contributed by atoms with E-state index in [1.165, 1.54) is 44.4 Å². The highest BCUT2D eigenvalue weighted by Crippen LogP contribution is 2.46. The zero-order valence-corrected chi connectivity index (χ0v) is 29.2. The summed E-state index contributed by atoms with van der Waals surface area (Å²) < 4.78 is 49.2. The highest BCUT2D eigenvalue weighted by atomic mass is 35.5. The van der Waals surface area contributed by atoms with Crippen molar-refractivity contribution in [1.29, 1.82) is 5.26 Å². The van der Waals surface area contributed by atoms with Crippen LogP contribution in [0.2, 0.25) is 5.02 Å². The second kappa shape index (κ2) is 13.6. The number of piperidine rings is 1. The van der Waals surface area contributed by atoms with E-state index >= 15 is 4.39 Å². The molecule has 7 aliphatic rings. The van der Waals surface area contributed by atoms with Crippen LogP contribution in [-0.4, -0.2) is 82.3 Å². The van der Waals surface area contributed by atoms with Crippen molar-refractivity contribution in [2.45, 2.75) is 87.8 Å². The number of rotatable bonds is 5. The van der Waals surface area contributed by atoms with Crippen molar-refractivity contribution >= 4 is 55.3 Å². The van der Waals surface area contributed by atoms with Crippen LogP contribution in [-0.2, 0) is 4.79 Å². The van der Waals surface area contributed by atoms with E-state index in [0.717, 1.165) is 55.2 Å². The SMILES string of the molecule is C1CC1C1CN1.F[C@@H]1CC2CCCN2C1.N#Cc1c(N)sc2c(F)ccc(-c3c(Cl)cc4c(OC5C[C@H]6C[C@H](C5)N6C=O)nc(=O)[nH]c4c3F)c12. The molecule has 10 nitrogen and oxygen atoms in total. The van der Waals surface area contributed by atoms with Crippen LogP contribution in [0.5, 0.6) is 5.88 Å². The molecule has 5 saturated heterocycles. The molecule has 2 aromatic carbocycles. The van der Waals surface area contributed by atoms with Gasteiger partial charge in [-0.15, -0.1) is 11.3 Å². The summed E-state index contributed by atoms with van der Waals surface area (Å²) in [5.41, 5.74) is 4.99. The standard InChI is InChI=1S/C24H16ClF2N5O3S.C7H12FN.C5H9N/c25-15-6-13-20(30-24(34)31-23(13)35-11-4-9-3-10(5-11)32(9)8-33)19(27)18(15)12-1-2-16(26)21-17(12)14(7-28)22(29)36-21;8-6-4-7-2-1-3-9(7)5-6;1-2-4(1)5-3-6-5/h1-2,6,8-11H,3-5,29H2,(H,30,31,34);6-7H,1-5H2;4-6H,1-3H2/t9-,10-;6-,7?;/m11./s1. The molecule has 2 unspecified atom stereocenters. The lowest BCUT2D eigenvalue weighted by atomic mass is 9.78. The summed E-state index contributed by atoms with van der Waals surface area (Å²) in [7, 11) is 0. The number of alkyl halides is 1. The number of nitrogens with two attached hydrogens (primary N) is 1. The Morgan fingerprint density at radius 2 is 1.90 bits per heavy atom. The van der Waals surface area contributed by atoms with Gasteiger partial charge in [0, 0.05) is 61.0 Å². The molecular weight excluding hydrogens is 703 g/mol. The Morgan fingerprint density at radius 1 is 1.14 bits per heavy atom. The molecule has 5 aliphatic heterocycles. The lowest BCUT2D eigenvalue weighted by molar-refractivity contribution is -0.139. The van der Waals surface area contributed by atoms with E-state index in [0.29, 0.717) is 25.4 Å². The third-order valence-electron chi connectivity index (χ3n) is 11.0. The summed E-state index contributed by atoms with van der Waals surface area (Å²) >= 11 is 7.43. The molecule has 1 amide bonds. The number of amides is 1. The van der Waals surface area contributed by atoms with Gasteiger partial charge in [0.2, 0.25) is 12.3 Å². The Morgan fingerprint density at radius 3 is 2.55 bits per heavy atom. The van der Waals surface area contributed by atoms with Gasteiger partial charge in [-0.2, -0.15) is 10.2 Å². The number of nitrogens with one attached hydrogen (secondary N) is 2. The molecule has 5 atom stereocenters. The van der Waals surface area contributed by atoms with E-state index in [4.69, 9.17) is 22.1 Å². The van der Waals surface area contributed by atoms with Gasteiger partial charge in [-0.3, -0.25) is 9.69 Å². The quantitative estimate of drug-likeness (QED) is 0.169. The van der Waals surface area contributed by atoms with Gasteiger partial charge < -0.3 is 25.7 Å². The fourth-order valence-electron chi connectivity index (χ4n) is 8.25. The van der Waals surface area contributed by atoms with Gasteiger partial charge in [-0.25, -0.2) is 18.0 Å². The number of aromatic amines is 1. The molecule has 2 saturated carbocycles. The first-order valence-corrected chi connectivity index (χ1v) is 18.7. The first-order chi connectivity index (χ1) is 24.6. The summed E-state index contributed by atoms with van der Waals surface area (Å²) in [6.45, 7) is 3.17. The van der Waals surface area contributed by atoms with Crippen LogP contribution in [0, 0.1) is 28.9 Å². The highest BCUT2D eigenvalue weighted by Gasteiger charge is 2.46. The first kappa shape index (κ1) is 34.2. The van der Waals surface area contributed by atoms with Crippen LogP contribution in [0.1, 0.15) is 56.9 Å². The maximum absolute atomic E-state index is 16.0. The summed E-state index contributed by atoms with van der Waals surface area (Å²) in [5.74, 6) is -0.435. The smallest absolute Gasteiger partial charge is 0.348 e. The van der Waals surface area contributed by atoms with Gasteiger partial charge in [0.15, 0.2) is 5.82 Å². The van der Waals surface area contributed by atoms with E-state index in [1.807, 2.05) is 6.07 Å². The van der Waals surface area contributed by atoms with Gasteiger partial charge in [0.1, 0.15) is 29.2 Å². The second-order valence-corrected chi connectivity index (χ2v) is 15.8. The van der Waals surface area contributed by atoms with Crippen LogP contribution < -0.4 is 21.5 Å². The second-order valence-electron chi connectivity index (χ2n) is 14.4. The Labute approximate surface area is 300 Å². The predicted molar refractivity (Wildman–Crippen MR) is 190 cm³/mol. The number of carbonyl (C=O) groups excluding carboxylic acids is 1. The number of hydrogen-bond acceptors (Lipinski definition) is 9. The average molecular weight is 740 g/mol. The van der Waals surface area contributed by atoms with E-state index in [-0.39, 0.29) is 71.8 Å². The number of anilines is 1. The molecule has 2 aromatic heterocycles. The van der Waals surface area contributed by atoms with E-state index < -0.39 is 23.5 Å². The number of nitrogen functional groups attached to an aromatic ring is 1. The fourth-order valence-corrected chi connectivity index (χ4v) is 9.50. The third kappa shape index (κ3) is 6.54. The number of aromatic nitrogens is 2. The number of thiophene rings is 1. The lowest BCUT2D eigenvalue weighted by Crippen LogP contribution is -2.62. The number of H-pyrrole nitrogens is 1. The normalized spacial score (nSPS) is 27.5. The molecule has 7 heterocycles. The van der Waals surface area contributed by atoms with Crippen LogP contribution >= 0.6 is 22.9 Å². The number of nitrogens with zero attached hydrogens (tertiary/aromatic N) is 4. The zero-order valence-electron chi connectivity index (χ0n) is 27.6. The number of halogens is 4. The topological polar surface area (TPSA) is 150 Å². The Kier molecular flexibility index (Phi) is 9.11. The number of fused-ring (bicyclic) bond motifs is 5. The molecule has 268 valence electrons. The van der Waals surface area contributed by atoms with E-state index in [1.54, 1.807) is 4.90 Å². The zero-order chi connectivity index (χ0) is 35.6. The molecule has 2 aliphatic carbocycles. The lowest BCUT2D eigenvalue weighted by Gasteiger charge is -2.53. The number of nitriles is 1. The van der Waals surface area contributed by atoms with Crippen molar-refractivity contribution in [3.63, 3.8) is 0 Å². The summed E-state index contributed by atoms with van der Waals surface area (Å²) in [5, 5.41) is 13.3. The average Bonchev–Trinajstić information content (AvgIpc) is 4.01. The van der Waals surface area contributed by atoms with Crippen LogP contribution in [0.15, 0.2) is 23.0 Å². The molecule has 0 spiro atoms. The van der Waals surface area contributed by atoms with Gasteiger partial charge in [-0.1, -0.05) is 17.7 Å². The van der Waals surface area contributed by atoms with Crippen LogP contribution in [0.25, 0.3) is 32.1 Å². The number of ether oxygens (including phenoxy) is 1. The minimum Gasteiger partial charge on any atom is -0.474 e. The monoisotopic (exact) mass is 739 g/mol. The molecule has 4 N–H and O–H groups in total. The first-order valence-electron chi connectivity index (χ1n) is 17.5. The number of benzene rings is 2. The Bertz CT molecular complexity index is 2080. The van der Waals surface area contributed by atoms with Crippen molar-refractivity contribution in [2.24, 2.45) is 5.92 Å².